The molecule has 0 saturated heterocycles. The molecule has 1 fully saturated rings. The molecule has 2 N–H and O–H groups in total. The standard InChI is InChI=1S/C16H21NO3S/c1-11-3-2-4-13(7-5-11)17-16(20)15-12(9-10-21-15)6-8-14(18)19/h6,8-11,13H,2-5,7H2,1H3,(H,17,20)(H,18,19)/b8-6+. The zero-order valence-corrected chi connectivity index (χ0v) is 13.0. The first-order valence-corrected chi connectivity index (χ1v) is 8.23. The first-order chi connectivity index (χ1) is 10.1. The lowest BCUT2D eigenvalue weighted by Crippen LogP contribution is -2.34. The lowest BCUT2D eigenvalue weighted by Gasteiger charge is -2.16. The molecule has 1 aromatic rings. The van der Waals surface area contributed by atoms with Crippen LogP contribution < -0.4 is 5.32 Å². The van der Waals surface area contributed by atoms with E-state index in [9.17, 15) is 9.59 Å². The Bertz CT molecular complexity index is 535. The quantitative estimate of drug-likeness (QED) is 0.660. The van der Waals surface area contributed by atoms with Crippen molar-refractivity contribution < 1.29 is 14.7 Å². The van der Waals surface area contributed by atoms with E-state index in [4.69, 9.17) is 5.11 Å². The number of hydrogen-bond donors (Lipinski definition) is 2. The summed E-state index contributed by atoms with van der Waals surface area (Å²) in [6.45, 7) is 2.26. The van der Waals surface area contributed by atoms with Gasteiger partial charge in [0, 0.05) is 12.1 Å². The smallest absolute Gasteiger partial charge is 0.328 e. The molecule has 1 aromatic heterocycles. The van der Waals surface area contributed by atoms with Gasteiger partial charge in [0.25, 0.3) is 5.91 Å². The third-order valence-electron chi connectivity index (χ3n) is 3.90. The molecular formula is C16H21NO3S. The minimum Gasteiger partial charge on any atom is -0.478 e. The summed E-state index contributed by atoms with van der Waals surface area (Å²) in [4.78, 5) is 23.5. The van der Waals surface area contributed by atoms with Gasteiger partial charge in [-0.3, -0.25) is 4.79 Å². The molecule has 0 aliphatic heterocycles. The van der Waals surface area contributed by atoms with Crippen LogP contribution in [-0.4, -0.2) is 23.0 Å². The molecule has 0 bridgehead atoms. The molecule has 2 rings (SSSR count). The van der Waals surface area contributed by atoms with Crippen molar-refractivity contribution in [2.75, 3.05) is 0 Å². The zero-order chi connectivity index (χ0) is 15.2. The van der Waals surface area contributed by atoms with E-state index in [2.05, 4.69) is 12.2 Å². The second-order valence-corrected chi connectivity index (χ2v) is 6.58. The molecule has 2 unspecified atom stereocenters. The van der Waals surface area contributed by atoms with Gasteiger partial charge in [0.2, 0.25) is 0 Å². The fourth-order valence-corrected chi connectivity index (χ4v) is 3.47. The summed E-state index contributed by atoms with van der Waals surface area (Å²) in [6.07, 6.45) is 8.14. The zero-order valence-electron chi connectivity index (χ0n) is 12.2. The van der Waals surface area contributed by atoms with Gasteiger partial charge in [-0.25, -0.2) is 4.79 Å². The summed E-state index contributed by atoms with van der Waals surface area (Å²) in [5.74, 6) is -0.359. The number of nitrogens with one attached hydrogen (secondary N) is 1. The molecule has 21 heavy (non-hydrogen) atoms. The van der Waals surface area contributed by atoms with Gasteiger partial charge in [-0.1, -0.05) is 19.8 Å². The summed E-state index contributed by atoms with van der Waals surface area (Å²) in [5.41, 5.74) is 0.668. The number of carboxylic acids is 1. The van der Waals surface area contributed by atoms with Crippen molar-refractivity contribution in [2.45, 2.75) is 45.1 Å². The van der Waals surface area contributed by atoms with Crippen LogP contribution in [0, 0.1) is 5.92 Å². The average Bonchev–Trinajstić information content (AvgIpc) is 2.81. The Morgan fingerprint density at radius 3 is 2.90 bits per heavy atom. The number of carbonyl (C=O) groups is 2. The number of carboxylic acid groups (broad SMARTS) is 1. The van der Waals surface area contributed by atoms with E-state index in [1.165, 1.54) is 23.8 Å². The Kier molecular flexibility index (Phi) is 5.56. The molecule has 0 spiro atoms. The van der Waals surface area contributed by atoms with E-state index < -0.39 is 5.97 Å². The van der Waals surface area contributed by atoms with Crippen molar-refractivity contribution in [1.82, 2.24) is 5.32 Å². The minimum atomic E-state index is -1.01. The summed E-state index contributed by atoms with van der Waals surface area (Å²) in [5, 5.41) is 13.6. The van der Waals surface area contributed by atoms with Gasteiger partial charge in [-0.2, -0.15) is 0 Å². The summed E-state index contributed by atoms with van der Waals surface area (Å²) in [6, 6.07) is 2.01. The minimum absolute atomic E-state index is 0.0883. The topological polar surface area (TPSA) is 66.4 Å². The molecule has 1 amide bonds. The first kappa shape index (κ1) is 15.8. The van der Waals surface area contributed by atoms with Crippen LogP contribution >= 0.6 is 11.3 Å². The van der Waals surface area contributed by atoms with Gasteiger partial charge in [-0.05, 0) is 48.3 Å². The van der Waals surface area contributed by atoms with Gasteiger partial charge in [0.05, 0.1) is 4.88 Å². The molecule has 1 aliphatic rings. The van der Waals surface area contributed by atoms with Crippen molar-refractivity contribution >= 4 is 29.3 Å². The van der Waals surface area contributed by atoms with Crippen LogP contribution in [0.25, 0.3) is 6.08 Å². The average molecular weight is 307 g/mol. The highest BCUT2D eigenvalue weighted by Crippen LogP contribution is 2.24. The van der Waals surface area contributed by atoms with Crippen LogP contribution in [0.5, 0.6) is 0 Å². The predicted octanol–water partition coefficient (Wildman–Crippen LogP) is 3.54. The Balaban J connectivity index is 2.00. The Morgan fingerprint density at radius 1 is 1.33 bits per heavy atom. The van der Waals surface area contributed by atoms with Crippen molar-refractivity contribution in [3.8, 4) is 0 Å². The maximum Gasteiger partial charge on any atom is 0.328 e. The van der Waals surface area contributed by atoms with Crippen LogP contribution in [0.1, 0.15) is 54.3 Å². The van der Waals surface area contributed by atoms with Crippen molar-refractivity contribution in [2.24, 2.45) is 5.92 Å². The third-order valence-corrected chi connectivity index (χ3v) is 4.83. The van der Waals surface area contributed by atoms with Crippen molar-refractivity contribution in [3.63, 3.8) is 0 Å². The number of aliphatic carboxylic acids is 1. The second-order valence-electron chi connectivity index (χ2n) is 5.66. The van der Waals surface area contributed by atoms with Gasteiger partial charge >= 0.3 is 5.97 Å². The van der Waals surface area contributed by atoms with Crippen molar-refractivity contribution in [3.05, 3.63) is 28.0 Å². The summed E-state index contributed by atoms with van der Waals surface area (Å²) >= 11 is 1.35. The van der Waals surface area contributed by atoms with Crippen LogP contribution in [0.2, 0.25) is 0 Å². The monoisotopic (exact) mass is 307 g/mol. The summed E-state index contributed by atoms with van der Waals surface area (Å²) in [7, 11) is 0. The molecule has 1 aliphatic carbocycles. The van der Waals surface area contributed by atoms with E-state index in [-0.39, 0.29) is 11.9 Å². The highest BCUT2D eigenvalue weighted by atomic mass is 32.1. The maximum atomic E-state index is 12.4. The van der Waals surface area contributed by atoms with E-state index in [1.54, 1.807) is 6.07 Å². The molecule has 1 saturated carbocycles. The summed E-state index contributed by atoms with van der Waals surface area (Å²) < 4.78 is 0. The van der Waals surface area contributed by atoms with Gasteiger partial charge in [0.15, 0.2) is 0 Å². The fourth-order valence-electron chi connectivity index (χ4n) is 2.68. The van der Waals surface area contributed by atoms with Crippen LogP contribution in [-0.2, 0) is 4.79 Å². The molecule has 0 radical (unpaired) electrons. The third kappa shape index (κ3) is 4.70. The second kappa shape index (κ2) is 7.41. The Labute approximate surface area is 128 Å². The predicted molar refractivity (Wildman–Crippen MR) is 84.5 cm³/mol. The van der Waals surface area contributed by atoms with E-state index in [0.29, 0.717) is 10.4 Å². The molecule has 2 atom stereocenters. The van der Waals surface area contributed by atoms with Gasteiger partial charge in [0.1, 0.15) is 0 Å². The molecule has 1 heterocycles. The number of rotatable bonds is 4. The first-order valence-electron chi connectivity index (χ1n) is 7.35. The Morgan fingerprint density at radius 2 is 2.14 bits per heavy atom. The maximum absolute atomic E-state index is 12.4. The van der Waals surface area contributed by atoms with Gasteiger partial charge in [-0.15, -0.1) is 11.3 Å². The van der Waals surface area contributed by atoms with Crippen LogP contribution in [0.3, 0.4) is 0 Å². The van der Waals surface area contributed by atoms with Gasteiger partial charge < -0.3 is 10.4 Å². The SMILES string of the molecule is CC1CCCC(NC(=O)c2sccc2/C=C/C(=O)O)CC1. The van der Waals surface area contributed by atoms with E-state index >= 15 is 0 Å². The fraction of sp³-hybridized carbons (Fsp3) is 0.500. The number of amides is 1. The molecule has 5 heteroatoms. The highest BCUT2D eigenvalue weighted by Gasteiger charge is 2.20. The highest BCUT2D eigenvalue weighted by molar-refractivity contribution is 7.12. The van der Waals surface area contributed by atoms with Crippen molar-refractivity contribution in [1.29, 1.82) is 0 Å². The lowest BCUT2D eigenvalue weighted by molar-refractivity contribution is -0.131. The van der Waals surface area contributed by atoms with E-state index in [0.717, 1.165) is 37.7 Å². The number of thiophene rings is 1. The number of hydrogen-bond acceptors (Lipinski definition) is 3. The molecule has 4 nitrogen and oxygen atoms in total. The Hall–Kier alpha value is -1.62. The number of carbonyl (C=O) groups excluding carboxylic acids is 1. The normalized spacial score (nSPS) is 22.9. The van der Waals surface area contributed by atoms with Crippen LogP contribution in [0.4, 0.5) is 0 Å². The van der Waals surface area contributed by atoms with Crippen LogP contribution in [0.15, 0.2) is 17.5 Å². The lowest BCUT2D eigenvalue weighted by atomic mass is 10.0. The molecule has 114 valence electrons. The molecule has 0 aromatic carbocycles. The van der Waals surface area contributed by atoms with E-state index in [1.807, 2.05) is 5.38 Å². The largest absolute Gasteiger partial charge is 0.478 e. The molecular weight excluding hydrogens is 286 g/mol.